The van der Waals surface area contributed by atoms with E-state index in [1.807, 2.05) is 0 Å². The predicted molar refractivity (Wildman–Crippen MR) is 52.2 cm³/mol. The number of hydrogen-bond acceptors (Lipinski definition) is 4. The fourth-order valence-electron chi connectivity index (χ4n) is 1.20. The number of pyridine rings is 1. The van der Waals surface area contributed by atoms with Gasteiger partial charge in [-0.05, 0) is 12.1 Å². The molecule has 5 nitrogen and oxygen atoms in total. The monoisotopic (exact) mass is 219 g/mol. The van der Waals surface area contributed by atoms with Crippen LogP contribution in [0, 0.1) is 5.82 Å². The van der Waals surface area contributed by atoms with Crippen molar-refractivity contribution >= 4 is 5.97 Å². The van der Waals surface area contributed by atoms with Crippen molar-refractivity contribution in [3.8, 4) is 11.3 Å². The minimum Gasteiger partial charge on any atom is -0.477 e. The van der Waals surface area contributed by atoms with Gasteiger partial charge in [-0.2, -0.15) is 0 Å². The van der Waals surface area contributed by atoms with E-state index in [1.165, 1.54) is 18.3 Å². The third-order valence-corrected chi connectivity index (χ3v) is 1.93. The molecule has 2 heterocycles. The molecule has 0 atom stereocenters. The van der Waals surface area contributed by atoms with Crippen molar-refractivity contribution < 1.29 is 14.3 Å². The molecule has 0 fully saturated rings. The van der Waals surface area contributed by atoms with E-state index in [4.69, 9.17) is 5.11 Å². The Hall–Kier alpha value is -2.37. The summed E-state index contributed by atoms with van der Waals surface area (Å²) >= 11 is 0. The van der Waals surface area contributed by atoms with Gasteiger partial charge in [0.25, 0.3) is 0 Å². The molecule has 0 aromatic carbocycles. The van der Waals surface area contributed by atoms with E-state index >= 15 is 0 Å². The third kappa shape index (κ3) is 1.85. The van der Waals surface area contributed by atoms with Gasteiger partial charge in [-0.15, -0.1) is 0 Å². The summed E-state index contributed by atoms with van der Waals surface area (Å²) in [5.74, 6) is -1.74. The minimum atomic E-state index is -1.18. The molecule has 16 heavy (non-hydrogen) atoms. The molecule has 1 N–H and O–H groups in total. The highest BCUT2D eigenvalue weighted by molar-refractivity contribution is 5.86. The van der Waals surface area contributed by atoms with Gasteiger partial charge in [-0.3, -0.25) is 4.98 Å². The molecule has 0 radical (unpaired) electrons. The fourth-order valence-corrected chi connectivity index (χ4v) is 1.20. The van der Waals surface area contributed by atoms with Crippen LogP contribution in [0.1, 0.15) is 10.5 Å². The molecule has 0 spiro atoms. The number of halogens is 1. The maximum Gasteiger partial charge on any atom is 0.354 e. The Kier molecular flexibility index (Phi) is 2.55. The normalized spacial score (nSPS) is 10.1. The molecule has 0 aliphatic heterocycles. The fraction of sp³-hybridized carbons (Fsp3) is 0. The van der Waals surface area contributed by atoms with Crippen LogP contribution in [-0.2, 0) is 0 Å². The molecule has 0 unspecified atom stereocenters. The number of carboxylic acids is 1. The van der Waals surface area contributed by atoms with Crippen LogP contribution in [0.2, 0.25) is 0 Å². The highest BCUT2D eigenvalue weighted by Crippen LogP contribution is 2.19. The molecule has 0 aliphatic rings. The number of hydrogen-bond donors (Lipinski definition) is 1. The summed E-state index contributed by atoms with van der Waals surface area (Å²) in [5, 5.41) is 8.73. The first-order valence-electron chi connectivity index (χ1n) is 4.33. The zero-order valence-corrected chi connectivity index (χ0v) is 7.96. The van der Waals surface area contributed by atoms with Crippen molar-refractivity contribution in [2.75, 3.05) is 0 Å². The number of rotatable bonds is 2. The lowest BCUT2D eigenvalue weighted by Crippen LogP contribution is -2.01. The summed E-state index contributed by atoms with van der Waals surface area (Å²) in [4.78, 5) is 21.6. The summed E-state index contributed by atoms with van der Waals surface area (Å²) in [7, 11) is 0. The van der Waals surface area contributed by atoms with Crippen LogP contribution in [-0.4, -0.2) is 26.0 Å². The van der Waals surface area contributed by atoms with Gasteiger partial charge in [0, 0.05) is 11.8 Å². The Morgan fingerprint density at radius 3 is 2.88 bits per heavy atom. The summed E-state index contributed by atoms with van der Waals surface area (Å²) in [6, 6.07) is 2.63. The number of carbonyl (C=O) groups is 1. The van der Waals surface area contributed by atoms with Gasteiger partial charge >= 0.3 is 5.97 Å². The highest BCUT2D eigenvalue weighted by Gasteiger charge is 2.10. The third-order valence-electron chi connectivity index (χ3n) is 1.93. The van der Waals surface area contributed by atoms with E-state index in [9.17, 15) is 9.18 Å². The molecule has 2 aromatic rings. The Labute approximate surface area is 89.6 Å². The molecule has 2 aromatic heterocycles. The standard InChI is InChI=1S/C10H6FN3O2/c11-7-4-12-2-1-6(7)8-3-9(10(15)16)14-5-13-8/h1-5H,(H,15,16). The molecular weight excluding hydrogens is 213 g/mol. The lowest BCUT2D eigenvalue weighted by atomic mass is 10.1. The molecule has 0 bridgehead atoms. The van der Waals surface area contributed by atoms with E-state index < -0.39 is 11.8 Å². The second-order valence-corrected chi connectivity index (χ2v) is 2.95. The molecule has 80 valence electrons. The maximum atomic E-state index is 13.3. The van der Waals surface area contributed by atoms with Gasteiger partial charge in [0.05, 0.1) is 11.9 Å². The lowest BCUT2D eigenvalue weighted by molar-refractivity contribution is 0.0690. The summed E-state index contributed by atoms with van der Waals surface area (Å²) in [5.41, 5.74) is 0.230. The first-order chi connectivity index (χ1) is 7.68. The molecule has 2 rings (SSSR count). The quantitative estimate of drug-likeness (QED) is 0.825. The molecule has 6 heteroatoms. The molecule has 0 aliphatic carbocycles. The largest absolute Gasteiger partial charge is 0.477 e. The average Bonchev–Trinajstić information content (AvgIpc) is 2.30. The number of nitrogens with zero attached hydrogens (tertiary/aromatic N) is 3. The zero-order valence-electron chi connectivity index (χ0n) is 7.96. The van der Waals surface area contributed by atoms with Gasteiger partial charge in [-0.25, -0.2) is 19.2 Å². The summed E-state index contributed by atoms with van der Waals surface area (Å²) < 4.78 is 13.3. The van der Waals surface area contributed by atoms with Crippen LogP contribution in [0.3, 0.4) is 0 Å². The Morgan fingerprint density at radius 1 is 1.38 bits per heavy atom. The lowest BCUT2D eigenvalue weighted by Gasteiger charge is -2.01. The van der Waals surface area contributed by atoms with Crippen LogP contribution in [0.25, 0.3) is 11.3 Å². The van der Waals surface area contributed by atoms with Crippen LogP contribution >= 0.6 is 0 Å². The zero-order chi connectivity index (χ0) is 11.5. The Bertz CT molecular complexity index is 545. The number of aromatic carboxylic acids is 1. The van der Waals surface area contributed by atoms with Gasteiger partial charge in [0.15, 0.2) is 11.5 Å². The van der Waals surface area contributed by atoms with Crippen molar-refractivity contribution in [2.45, 2.75) is 0 Å². The van der Waals surface area contributed by atoms with Crippen molar-refractivity contribution in [1.82, 2.24) is 15.0 Å². The van der Waals surface area contributed by atoms with Gasteiger partial charge < -0.3 is 5.11 Å². The van der Waals surface area contributed by atoms with Gasteiger partial charge in [0.2, 0.25) is 0 Å². The van der Waals surface area contributed by atoms with E-state index in [1.54, 1.807) is 0 Å². The predicted octanol–water partition coefficient (Wildman–Crippen LogP) is 1.38. The first kappa shape index (κ1) is 10.2. The van der Waals surface area contributed by atoms with E-state index in [-0.39, 0.29) is 17.0 Å². The van der Waals surface area contributed by atoms with Crippen LogP contribution < -0.4 is 0 Å². The second kappa shape index (κ2) is 4.01. The smallest absolute Gasteiger partial charge is 0.354 e. The first-order valence-corrected chi connectivity index (χ1v) is 4.33. The Balaban J connectivity index is 2.53. The molecular formula is C10H6FN3O2. The van der Waals surface area contributed by atoms with Crippen LogP contribution in [0.4, 0.5) is 4.39 Å². The van der Waals surface area contributed by atoms with Crippen LogP contribution in [0.15, 0.2) is 30.9 Å². The van der Waals surface area contributed by atoms with Gasteiger partial charge in [0.1, 0.15) is 6.33 Å². The summed E-state index contributed by atoms with van der Waals surface area (Å²) in [6.07, 6.45) is 3.53. The van der Waals surface area contributed by atoms with Crippen molar-refractivity contribution in [2.24, 2.45) is 0 Å². The van der Waals surface area contributed by atoms with Crippen molar-refractivity contribution in [1.29, 1.82) is 0 Å². The highest BCUT2D eigenvalue weighted by atomic mass is 19.1. The van der Waals surface area contributed by atoms with E-state index in [0.717, 1.165) is 12.5 Å². The maximum absolute atomic E-state index is 13.3. The SMILES string of the molecule is O=C(O)c1cc(-c2ccncc2F)ncn1. The van der Waals surface area contributed by atoms with Crippen LogP contribution in [0.5, 0.6) is 0 Å². The number of carboxylic acid groups (broad SMARTS) is 1. The average molecular weight is 219 g/mol. The van der Waals surface area contributed by atoms with Crippen molar-refractivity contribution in [3.63, 3.8) is 0 Å². The molecule has 0 saturated heterocycles. The Morgan fingerprint density at radius 2 is 2.19 bits per heavy atom. The summed E-state index contributed by atoms with van der Waals surface area (Å²) in [6.45, 7) is 0. The molecule has 0 saturated carbocycles. The molecule has 0 amide bonds. The van der Waals surface area contributed by atoms with E-state index in [2.05, 4.69) is 15.0 Å². The minimum absolute atomic E-state index is 0.179. The van der Waals surface area contributed by atoms with Gasteiger partial charge in [-0.1, -0.05) is 0 Å². The topological polar surface area (TPSA) is 76.0 Å². The van der Waals surface area contributed by atoms with E-state index in [0.29, 0.717) is 0 Å². The number of aromatic nitrogens is 3. The van der Waals surface area contributed by atoms with Crippen molar-refractivity contribution in [3.05, 3.63) is 42.4 Å². The second-order valence-electron chi connectivity index (χ2n) is 2.95.